The largest absolute Gasteiger partial charge is 0.313 e. The Hall–Kier alpha value is -0.950. The van der Waals surface area contributed by atoms with Gasteiger partial charge in [-0.1, -0.05) is 13.0 Å². The highest BCUT2D eigenvalue weighted by atomic mass is 127. The Morgan fingerprint density at radius 3 is 2.82 bits per heavy atom. The highest BCUT2D eigenvalue weighted by Crippen LogP contribution is 2.11. The average molecular weight is 342 g/mol. The van der Waals surface area contributed by atoms with Gasteiger partial charge in [-0.15, -0.1) is 0 Å². The van der Waals surface area contributed by atoms with Gasteiger partial charge < -0.3 is 5.32 Å². The molecule has 2 rings (SSSR count). The molecule has 2 heterocycles. The quantitative estimate of drug-likeness (QED) is 0.867. The number of nitrogens with zero attached hydrogens (tertiary/aromatic N) is 3. The Morgan fingerprint density at radius 2 is 2.24 bits per heavy atom. The topological polar surface area (TPSA) is 42.7 Å². The molecule has 5 heteroatoms. The molecule has 2 aromatic heterocycles. The molecule has 0 bridgehead atoms. The lowest BCUT2D eigenvalue weighted by Gasteiger charge is -2.07. The Balaban J connectivity index is 2.24. The lowest BCUT2D eigenvalue weighted by atomic mass is 10.2. The third-order valence-corrected chi connectivity index (χ3v) is 3.09. The first-order valence-electron chi connectivity index (χ1n) is 5.58. The number of halogens is 1. The minimum absolute atomic E-state index is 0.866. The molecular formula is C12H15IN4. The van der Waals surface area contributed by atoms with Crippen LogP contribution in [0.5, 0.6) is 0 Å². The van der Waals surface area contributed by atoms with Crippen molar-refractivity contribution in [3.8, 4) is 5.82 Å². The molecule has 1 N–H and O–H groups in total. The van der Waals surface area contributed by atoms with Crippen molar-refractivity contribution in [3.63, 3.8) is 0 Å². The van der Waals surface area contributed by atoms with Gasteiger partial charge in [-0.25, -0.2) is 9.67 Å². The molecule has 0 aliphatic rings. The molecule has 0 unspecified atom stereocenters. The zero-order valence-electron chi connectivity index (χ0n) is 9.94. The van der Waals surface area contributed by atoms with E-state index >= 15 is 0 Å². The van der Waals surface area contributed by atoms with Crippen molar-refractivity contribution in [2.45, 2.75) is 20.4 Å². The van der Waals surface area contributed by atoms with Gasteiger partial charge in [0.05, 0.1) is 9.77 Å². The maximum absolute atomic E-state index is 4.57. The van der Waals surface area contributed by atoms with Crippen molar-refractivity contribution in [1.29, 1.82) is 0 Å². The Bertz CT molecular complexity index is 507. The van der Waals surface area contributed by atoms with Crippen LogP contribution in [0.4, 0.5) is 0 Å². The van der Waals surface area contributed by atoms with Crippen molar-refractivity contribution < 1.29 is 0 Å². The van der Waals surface area contributed by atoms with E-state index in [0.717, 1.165) is 28.2 Å². The molecule has 0 saturated carbocycles. The number of nitrogens with one attached hydrogen (secondary N) is 1. The van der Waals surface area contributed by atoms with Gasteiger partial charge in [-0.05, 0) is 47.7 Å². The second-order valence-corrected chi connectivity index (χ2v) is 5.04. The fourth-order valence-electron chi connectivity index (χ4n) is 1.58. The lowest BCUT2D eigenvalue weighted by molar-refractivity contribution is 0.717. The van der Waals surface area contributed by atoms with Gasteiger partial charge in [-0.2, -0.15) is 5.10 Å². The van der Waals surface area contributed by atoms with Gasteiger partial charge in [0, 0.05) is 18.4 Å². The van der Waals surface area contributed by atoms with Crippen molar-refractivity contribution in [3.05, 3.63) is 39.4 Å². The third-order valence-electron chi connectivity index (χ3n) is 2.53. The molecule has 0 radical (unpaired) electrons. The minimum atomic E-state index is 0.866. The average Bonchev–Trinajstić information content (AvgIpc) is 2.74. The van der Waals surface area contributed by atoms with Crippen molar-refractivity contribution >= 4 is 22.6 Å². The minimum Gasteiger partial charge on any atom is -0.313 e. The summed E-state index contributed by atoms with van der Waals surface area (Å²) in [6, 6.07) is 4.11. The smallest absolute Gasteiger partial charge is 0.153 e. The molecule has 0 aliphatic carbocycles. The second kappa shape index (κ2) is 5.59. The first-order chi connectivity index (χ1) is 8.20. The van der Waals surface area contributed by atoms with Crippen LogP contribution in [0.15, 0.2) is 24.5 Å². The predicted molar refractivity (Wildman–Crippen MR) is 76.2 cm³/mol. The van der Waals surface area contributed by atoms with E-state index in [0.29, 0.717) is 0 Å². The molecular weight excluding hydrogens is 327 g/mol. The summed E-state index contributed by atoms with van der Waals surface area (Å²) < 4.78 is 2.91. The van der Waals surface area contributed by atoms with E-state index in [2.05, 4.69) is 51.0 Å². The van der Waals surface area contributed by atoms with Gasteiger partial charge in [0.15, 0.2) is 5.82 Å². The van der Waals surface area contributed by atoms with Crippen LogP contribution in [0.3, 0.4) is 0 Å². The Kier molecular flexibility index (Phi) is 4.11. The molecule has 4 nitrogen and oxygen atoms in total. The number of hydrogen-bond donors (Lipinski definition) is 1. The van der Waals surface area contributed by atoms with Crippen LogP contribution in [0, 0.1) is 10.5 Å². The molecule has 0 aliphatic heterocycles. The van der Waals surface area contributed by atoms with Gasteiger partial charge >= 0.3 is 0 Å². The first-order valence-corrected chi connectivity index (χ1v) is 6.66. The molecule has 17 heavy (non-hydrogen) atoms. The maximum atomic E-state index is 4.57. The first kappa shape index (κ1) is 12.5. The summed E-state index contributed by atoms with van der Waals surface area (Å²) in [4.78, 5) is 4.57. The summed E-state index contributed by atoms with van der Waals surface area (Å²) in [5.41, 5.74) is 2.28. The van der Waals surface area contributed by atoms with E-state index in [-0.39, 0.29) is 0 Å². The van der Waals surface area contributed by atoms with E-state index in [4.69, 9.17) is 0 Å². The number of aromatic nitrogens is 3. The summed E-state index contributed by atoms with van der Waals surface area (Å²) in [7, 11) is 0. The van der Waals surface area contributed by atoms with E-state index in [9.17, 15) is 0 Å². The number of pyridine rings is 1. The highest BCUT2D eigenvalue weighted by Gasteiger charge is 2.04. The van der Waals surface area contributed by atoms with E-state index in [1.807, 2.05) is 25.4 Å². The third kappa shape index (κ3) is 3.04. The number of rotatable bonds is 4. The molecule has 0 saturated heterocycles. The molecule has 2 aromatic rings. The predicted octanol–water partition coefficient (Wildman–Crippen LogP) is 2.29. The van der Waals surface area contributed by atoms with Gasteiger partial charge in [0.25, 0.3) is 0 Å². The van der Waals surface area contributed by atoms with E-state index in [1.54, 1.807) is 4.68 Å². The highest BCUT2D eigenvalue weighted by molar-refractivity contribution is 14.1. The van der Waals surface area contributed by atoms with Crippen molar-refractivity contribution in [2.75, 3.05) is 6.54 Å². The molecule has 0 spiro atoms. The molecule has 0 aromatic carbocycles. The van der Waals surface area contributed by atoms with Crippen LogP contribution in [-0.4, -0.2) is 21.3 Å². The fraction of sp³-hybridized carbons (Fsp3) is 0.333. The van der Waals surface area contributed by atoms with Crippen LogP contribution in [0.1, 0.15) is 18.2 Å². The number of aryl methyl sites for hydroxylation is 1. The van der Waals surface area contributed by atoms with Crippen molar-refractivity contribution in [2.24, 2.45) is 0 Å². The lowest BCUT2D eigenvalue weighted by Crippen LogP contribution is -2.13. The standard InChI is InChI=1S/C12H15IN4/c1-3-14-6-10-4-5-12(16-9(10)2)17-8-11(13)7-15-17/h4-5,7-8,14H,3,6H2,1-2H3. The Morgan fingerprint density at radius 1 is 1.41 bits per heavy atom. The fourth-order valence-corrected chi connectivity index (χ4v) is 1.97. The van der Waals surface area contributed by atoms with Crippen LogP contribution in [0.2, 0.25) is 0 Å². The van der Waals surface area contributed by atoms with E-state index < -0.39 is 0 Å². The molecule has 0 fully saturated rings. The van der Waals surface area contributed by atoms with E-state index in [1.165, 1.54) is 5.56 Å². The molecule has 0 atom stereocenters. The summed E-state index contributed by atoms with van der Waals surface area (Å²) in [6.07, 6.45) is 3.79. The normalized spacial score (nSPS) is 10.8. The summed E-state index contributed by atoms with van der Waals surface area (Å²) in [5, 5.41) is 7.56. The van der Waals surface area contributed by atoms with Gasteiger partial charge in [0.2, 0.25) is 0 Å². The van der Waals surface area contributed by atoms with Crippen LogP contribution < -0.4 is 5.32 Å². The number of hydrogen-bond acceptors (Lipinski definition) is 3. The maximum Gasteiger partial charge on any atom is 0.153 e. The Labute approximate surface area is 115 Å². The monoisotopic (exact) mass is 342 g/mol. The molecule has 90 valence electrons. The zero-order valence-corrected chi connectivity index (χ0v) is 12.1. The molecule has 0 amide bonds. The summed E-state index contributed by atoms with van der Waals surface area (Å²) in [5.74, 6) is 0.866. The van der Waals surface area contributed by atoms with Crippen LogP contribution in [0.25, 0.3) is 5.82 Å². The van der Waals surface area contributed by atoms with Gasteiger partial charge in [-0.3, -0.25) is 0 Å². The summed E-state index contributed by atoms with van der Waals surface area (Å²) in [6.45, 7) is 5.97. The van der Waals surface area contributed by atoms with Crippen LogP contribution in [-0.2, 0) is 6.54 Å². The SMILES string of the molecule is CCNCc1ccc(-n2cc(I)cn2)nc1C. The van der Waals surface area contributed by atoms with Crippen LogP contribution >= 0.6 is 22.6 Å². The second-order valence-electron chi connectivity index (χ2n) is 3.80. The van der Waals surface area contributed by atoms with Crippen molar-refractivity contribution in [1.82, 2.24) is 20.1 Å². The van der Waals surface area contributed by atoms with Gasteiger partial charge in [0.1, 0.15) is 0 Å². The summed E-state index contributed by atoms with van der Waals surface area (Å²) >= 11 is 2.24. The zero-order chi connectivity index (χ0) is 12.3.